The van der Waals surface area contributed by atoms with Crippen LogP contribution >= 0.6 is 24.8 Å². The summed E-state index contributed by atoms with van der Waals surface area (Å²) in [5.41, 5.74) is 2.44. The highest BCUT2D eigenvalue weighted by Gasteiger charge is 2.45. The molecular formula is C36H45Cl2N5O4. The molecule has 0 spiro atoms. The minimum absolute atomic E-state index is 0. The van der Waals surface area contributed by atoms with E-state index in [9.17, 15) is 14.4 Å². The summed E-state index contributed by atoms with van der Waals surface area (Å²) < 4.78 is 7.93. The number of halogens is 2. The number of pyridine rings is 2. The van der Waals surface area contributed by atoms with E-state index in [2.05, 4.69) is 16.0 Å². The van der Waals surface area contributed by atoms with Crippen LogP contribution in [0.5, 0.6) is 5.75 Å². The van der Waals surface area contributed by atoms with Crippen molar-refractivity contribution in [3.63, 3.8) is 0 Å². The van der Waals surface area contributed by atoms with Crippen molar-refractivity contribution in [2.75, 3.05) is 43.1 Å². The standard InChI is InChI=1S/C36H43N5O4.2ClH/c1-6-41-31-16-15-29(24-32(31)38(5)34(43)36(3,4)35(41)44)45-23-10-9-19-39(25-28-13-11-18-37-26(28)2)21-22-40-20-17-27-12-7-8-14-30(27)33(40)42;;/h7-8,11-18,20,24H,6,9-10,19,21-23,25H2,1-5H3;2*1H. The number of aromatic nitrogens is 2. The Morgan fingerprint density at radius 3 is 2.40 bits per heavy atom. The molecule has 11 heteroatoms. The van der Waals surface area contributed by atoms with Crippen molar-refractivity contribution in [1.82, 2.24) is 14.5 Å². The quantitative estimate of drug-likeness (QED) is 0.130. The molecule has 0 bridgehead atoms. The van der Waals surface area contributed by atoms with Crippen LogP contribution in [0.25, 0.3) is 10.8 Å². The van der Waals surface area contributed by atoms with Crippen molar-refractivity contribution in [2.24, 2.45) is 5.41 Å². The third-order valence-electron chi connectivity index (χ3n) is 8.73. The second-order valence-electron chi connectivity index (χ2n) is 12.2. The monoisotopic (exact) mass is 681 g/mol. The summed E-state index contributed by atoms with van der Waals surface area (Å²) in [4.78, 5) is 49.5. The number of hydrogen-bond acceptors (Lipinski definition) is 6. The number of ether oxygens (including phenoxy) is 1. The Kier molecular flexibility index (Phi) is 13.0. The van der Waals surface area contributed by atoms with Crippen LogP contribution in [0.15, 0.2) is 77.9 Å². The maximum atomic E-state index is 13.2. The zero-order valence-corrected chi connectivity index (χ0v) is 29.4. The molecule has 0 unspecified atom stereocenters. The average Bonchev–Trinajstić information content (AvgIpc) is 3.09. The van der Waals surface area contributed by atoms with Gasteiger partial charge in [-0.05, 0) is 88.4 Å². The van der Waals surface area contributed by atoms with Gasteiger partial charge in [-0.3, -0.25) is 24.3 Å². The smallest absolute Gasteiger partial charge is 0.258 e. The zero-order valence-electron chi connectivity index (χ0n) is 27.8. The highest BCUT2D eigenvalue weighted by Crippen LogP contribution is 2.40. The van der Waals surface area contributed by atoms with Gasteiger partial charge < -0.3 is 19.1 Å². The molecule has 1 aliphatic heterocycles. The topological polar surface area (TPSA) is 88.0 Å². The average molecular weight is 683 g/mol. The Balaban J connectivity index is 0.00000300. The Morgan fingerprint density at radius 2 is 1.66 bits per heavy atom. The summed E-state index contributed by atoms with van der Waals surface area (Å²) in [6, 6.07) is 19.3. The van der Waals surface area contributed by atoms with Crippen LogP contribution in [0, 0.1) is 12.3 Å². The first-order chi connectivity index (χ1) is 21.6. The van der Waals surface area contributed by atoms with Crippen molar-refractivity contribution in [1.29, 1.82) is 0 Å². The number of aryl methyl sites for hydroxylation is 1. The molecule has 47 heavy (non-hydrogen) atoms. The van der Waals surface area contributed by atoms with Crippen LogP contribution in [0.2, 0.25) is 0 Å². The van der Waals surface area contributed by atoms with Gasteiger partial charge in [-0.15, -0.1) is 24.8 Å². The molecule has 2 aromatic carbocycles. The van der Waals surface area contributed by atoms with Gasteiger partial charge in [-0.25, -0.2) is 0 Å². The van der Waals surface area contributed by atoms with Gasteiger partial charge in [-0.1, -0.05) is 24.3 Å². The Bertz CT molecular complexity index is 1760. The molecule has 0 saturated carbocycles. The van der Waals surface area contributed by atoms with E-state index >= 15 is 0 Å². The minimum atomic E-state index is -1.15. The van der Waals surface area contributed by atoms with Crippen molar-refractivity contribution in [3.8, 4) is 5.75 Å². The molecule has 2 amide bonds. The van der Waals surface area contributed by atoms with Gasteiger partial charge in [-0.2, -0.15) is 0 Å². The van der Waals surface area contributed by atoms with Crippen LogP contribution in [0.4, 0.5) is 11.4 Å². The largest absolute Gasteiger partial charge is 0.494 e. The summed E-state index contributed by atoms with van der Waals surface area (Å²) in [6.45, 7) is 11.2. The first-order valence-corrected chi connectivity index (χ1v) is 15.7. The predicted octanol–water partition coefficient (Wildman–Crippen LogP) is 6.27. The molecule has 9 nitrogen and oxygen atoms in total. The molecule has 1 aliphatic rings. The van der Waals surface area contributed by atoms with Crippen molar-refractivity contribution >= 4 is 58.8 Å². The lowest BCUT2D eigenvalue weighted by atomic mass is 9.90. The first kappa shape index (κ1) is 37.5. The molecule has 0 radical (unpaired) electrons. The van der Waals surface area contributed by atoms with E-state index in [4.69, 9.17) is 4.74 Å². The highest BCUT2D eigenvalue weighted by molar-refractivity contribution is 6.20. The number of benzene rings is 2. The fraction of sp³-hybridized carbons (Fsp3) is 0.389. The summed E-state index contributed by atoms with van der Waals surface area (Å²) in [5.74, 6) is 0.220. The number of unbranched alkanes of at least 4 members (excludes halogenated alkanes) is 1. The van der Waals surface area contributed by atoms with E-state index in [-0.39, 0.29) is 42.2 Å². The second kappa shape index (κ2) is 16.3. The Labute approximate surface area is 289 Å². The molecular weight excluding hydrogens is 637 g/mol. The van der Waals surface area contributed by atoms with Crippen LogP contribution in [-0.4, -0.2) is 59.6 Å². The van der Waals surface area contributed by atoms with Crippen LogP contribution < -0.4 is 20.1 Å². The van der Waals surface area contributed by atoms with Crippen molar-refractivity contribution in [2.45, 2.75) is 53.6 Å². The molecule has 0 N–H and O–H groups in total. The number of carbonyl (C=O) groups excluding carboxylic acids is 2. The van der Waals surface area contributed by atoms with Gasteiger partial charge >= 0.3 is 0 Å². The van der Waals surface area contributed by atoms with Crippen LogP contribution in [0.1, 0.15) is 44.9 Å². The van der Waals surface area contributed by atoms with Gasteiger partial charge in [0, 0.05) is 62.8 Å². The van der Waals surface area contributed by atoms with Gasteiger partial charge in [0.1, 0.15) is 11.2 Å². The fourth-order valence-corrected chi connectivity index (χ4v) is 5.95. The lowest BCUT2D eigenvalue weighted by molar-refractivity contribution is -0.137. The summed E-state index contributed by atoms with van der Waals surface area (Å²) in [7, 11) is 1.71. The van der Waals surface area contributed by atoms with E-state index in [1.165, 1.54) is 5.56 Å². The Hall–Kier alpha value is -3.92. The number of nitrogens with zero attached hydrogens (tertiary/aromatic N) is 5. The second-order valence-corrected chi connectivity index (χ2v) is 12.2. The minimum Gasteiger partial charge on any atom is -0.494 e. The van der Waals surface area contributed by atoms with E-state index in [1.54, 1.807) is 35.3 Å². The first-order valence-electron chi connectivity index (χ1n) is 15.7. The highest BCUT2D eigenvalue weighted by atomic mass is 35.5. The number of fused-ring (bicyclic) bond motifs is 2. The summed E-state index contributed by atoms with van der Waals surface area (Å²) in [5, 5.41) is 1.69. The number of rotatable bonds is 12. The van der Waals surface area contributed by atoms with Gasteiger partial charge in [0.15, 0.2) is 0 Å². The number of amides is 2. The van der Waals surface area contributed by atoms with E-state index in [1.807, 2.05) is 80.8 Å². The van der Waals surface area contributed by atoms with Gasteiger partial charge in [0.05, 0.1) is 18.0 Å². The van der Waals surface area contributed by atoms with E-state index in [0.717, 1.165) is 48.9 Å². The molecule has 5 rings (SSSR count). The molecule has 2 aromatic heterocycles. The molecule has 4 aromatic rings. The third-order valence-corrected chi connectivity index (χ3v) is 8.73. The SMILES string of the molecule is CCN1C(=O)C(C)(C)C(=O)N(C)c2cc(OCCCCN(CCn3ccc4ccccc4c3=O)Cc3cccnc3C)ccc21.Cl.Cl. The van der Waals surface area contributed by atoms with Gasteiger partial charge in [0.2, 0.25) is 11.8 Å². The summed E-state index contributed by atoms with van der Waals surface area (Å²) in [6.07, 6.45) is 5.43. The molecule has 0 saturated heterocycles. The molecule has 252 valence electrons. The van der Waals surface area contributed by atoms with Crippen molar-refractivity contribution in [3.05, 3.63) is 94.7 Å². The maximum Gasteiger partial charge on any atom is 0.258 e. The van der Waals surface area contributed by atoms with Crippen molar-refractivity contribution < 1.29 is 14.3 Å². The Morgan fingerprint density at radius 1 is 0.894 bits per heavy atom. The van der Waals surface area contributed by atoms with Crippen LogP contribution in [-0.2, 0) is 22.7 Å². The fourth-order valence-electron chi connectivity index (χ4n) is 5.95. The number of anilines is 2. The lowest BCUT2D eigenvalue weighted by Gasteiger charge is -2.27. The summed E-state index contributed by atoms with van der Waals surface area (Å²) >= 11 is 0. The third kappa shape index (κ3) is 8.15. The van der Waals surface area contributed by atoms with E-state index < -0.39 is 5.41 Å². The maximum absolute atomic E-state index is 13.2. The lowest BCUT2D eigenvalue weighted by Crippen LogP contribution is -2.47. The number of carbonyl (C=O) groups is 2. The van der Waals surface area contributed by atoms with Crippen LogP contribution in [0.3, 0.4) is 0 Å². The zero-order chi connectivity index (χ0) is 32.1. The number of hydrogen-bond donors (Lipinski definition) is 0. The molecule has 0 aliphatic carbocycles. The molecule has 0 fully saturated rings. The molecule has 0 atom stereocenters. The predicted molar refractivity (Wildman–Crippen MR) is 193 cm³/mol. The van der Waals surface area contributed by atoms with Gasteiger partial charge in [0.25, 0.3) is 5.56 Å². The molecule has 3 heterocycles. The van der Waals surface area contributed by atoms with E-state index in [0.29, 0.717) is 36.8 Å². The normalized spacial score (nSPS) is 14.0.